The molecule has 3 rings (SSSR count). The fourth-order valence-corrected chi connectivity index (χ4v) is 3.36. The van der Waals surface area contributed by atoms with Gasteiger partial charge in [0.05, 0.1) is 11.7 Å². The second kappa shape index (κ2) is 7.20. The number of aliphatic hydroxyl groups excluding tert-OH is 1. The summed E-state index contributed by atoms with van der Waals surface area (Å²) < 4.78 is 5.41. The minimum absolute atomic E-state index is 0.0712. The number of carbonyl (C=O) groups is 1. The van der Waals surface area contributed by atoms with Crippen LogP contribution in [-0.2, 0) is 9.53 Å². The number of hydrogen-bond acceptors (Lipinski definition) is 5. The fourth-order valence-electron chi connectivity index (χ4n) is 3.36. The average Bonchev–Trinajstić information content (AvgIpc) is 2.58. The van der Waals surface area contributed by atoms with Crippen molar-refractivity contribution in [1.82, 2.24) is 4.90 Å². The van der Waals surface area contributed by atoms with Crippen LogP contribution in [0.15, 0.2) is 46.8 Å². The molecule has 0 aromatic carbocycles. The second-order valence-corrected chi connectivity index (χ2v) is 6.73. The van der Waals surface area contributed by atoms with Gasteiger partial charge in [-0.15, -0.1) is 0 Å². The maximum absolute atomic E-state index is 12.7. The molecule has 5 heteroatoms. The Morgan fingerprint density at radius 3 is 2.88 bits per heavy atom. The van der Waals surface area contributed by atoms with Gasteiger partial charge in [0.25, 0.3) is 0 Å². The first-order valence-corrected chi connectivity index (χ1v) is 8.47. The van der Waals surface area contributed by atoms with Crippen LogP contribution in [0.1, 0.15) is 19.8 Å². The number of aliphatic hydroxyl groups is 1. The van der Waals surface area contributed by atoms with E-state index < -0.39 is 5.92 Å². The molecule has 0 spiro atoms. The summed E-state index contributed by atoms with van der Waals surface area (Å²) in [5, 5.41) is 9.87. The molecule has 24 heavy (non-hydrogen) atoms. The first-order valence-electron chi connectivity index (χ1n) is 8.47. The normalized spacial score (nSPS) is 27.9. The summed E-state index contributed by atoms with van der Waals surface area (Å²) in [4.78, 5) is 19.2. The monoisotopic (exact) mass is 328 g/mol. The van der Waals surface area contributed by atoms with Crippen LogP contribution in [0.2, 0.25) is 0 Å². The molecule has 0 aromatic rings. The van der Waals surface area contributed by atoms with Crippen LogP contribution in [-0.4, -0.2) is 54.0 Å². The summed E-state index contributed by atoms with van der Waals surface area (Å²) in [7, 11) is 0. The highest BCUT2D eigenvalue weighted by Gasteiger charge is 2.35. The number of ketones is 1. The molecule has 2 atom stereocenters. The van der Waals surface area contributed by atoms with Crippen molar-refractivity contribution >= 4 is 11.7 Å². The fraction of sp³-hybridized carbons (Fsp3) is 0.526. The van der Waals surface area contributed by atoms with Gasteiger partial charge in [-0.05, 0) is 31.6 Å². The average molecular weight is 328 g/mol. The van der Waals surface area contributed by atoms with E-state index in [0.29, 0.717) is 18.0 Å². The lowest BCUT2D eigenvalue weighted by Gasteiger charge is -2.35. The van der Waals surface area contributed by atoms with Crippen LogP contribution >= 0.6 is 0 Å². The van der Waals surface area contributed by atoms with Crippen LogP contribution < -0.4 is 0 Å². The highest BCUT2D eigenvalue weighted by Crippen LogP contribution is 2.28. The molecular weight excluding hydrogens is 304 g/mol. The number of hydrogen-bond donors (Lipinski definition) is 1. The van der Waals surface area contributed by atoms with Gasteiger partial charge in [-0.25, -0.2) is 4.99 Å². The molecule has 0 amide bonds. The van der Waals surface area contributed by atoms with Gasteiger partial charge in [-0.1, -0.05) is 18.7 Å². The lowest BCUT2D eigenvalue weighted by atomic mass is 9.87. The minimum Gasteiger partial charge on any atom is -0.512 e. The first-order chi connectivity index (χ1) is 11.5. The lowest BCUT2D eigenvalue weighted by Crippen LogP contribution is -2.42. The molecule has 3 aliphatic heterocycles. The third kappa shape index (κ3) is 3.69. The first kappa shape index (κ1) is 16.7. The van der Waals surface area contributed by atoms with E-state index in [0.717, 1.165) is 38.2 Å². The number of aliphatic imine (C=N–C) groups is 1. The molecule has 128 valence electrons. The smallest absolute Gasteiger partial charge is 0.175 e. The van der Waals surface area contributed by atoms with Crippen molar-refractivity contribution in [1.29, 1.82) is 0 Å². The van der Waals surface area contributed by atoms with Crippen molar-refractivity contribution in [2.24, 2.45) is 16.8 Å². The molecule has 2 unspecified atom stereocenters. The summed E-state index contributed by atoms with van der Waals surface area (Å²) in [6.07, 6.45) is 7.80. The Hall–Kier alpha value is -2.10. The van der Waals surface area contributed by atoms with Crippen molar-refractivity contribution in [3.05, 3.63) is 41.8 Å². The third-order valence-corrected chi connectivity index (χ3v) is 4.80. The van der Waals surface area contributed by atoms with Crippen molar-refractivity contribution < 1.29 is 14.6 Å². The summed E-state index contributed by atoms with van der Waals surface area (Å²) in [6.45, 7) is 8.44. The molecular formula is C19H24N2O3. The highest BCUT2D eigenvalue weighted by atomic mass is 16.5. The third-order valence-electron chi connectivity index (χ3n) is 4.80. The van der Waals surface area contributed by atoms with E-state index in [9.17, 15) is 9.90 Å². The lowest BCUT2D eigenvalue weighted by molar-refractivity contribution is -0.120. The summed E-state index contributed by atoms with van der Waals surface area (Å²) >= 11 is 0. The summed E-state index contributed by atoms with van der Waals surface area (Å²) in [5.41, 5.74) is 1.54. The molecule has 3 heterocycles. The van der Waals surface area contributed by atoms with E-state index in [4.69, 9.17) is 4.74 Å². The van der Waals surface area contributed by atoms with E-state index in [2.05, 4.69) is 22.3 Å². The molecule has 0 aromatic heterocycles. The molecule has 1 saturated heterocycles. The zero-order valence-electron chi connectivity index (χ0n) is 14.1. The molecule has 3 aliphatic rings. The van der Waals surface area contributed by atoms with E-state index in [1.807, 2.05) is 25.3 Å². The number of allylic oxidation sites excluding steroid dienone is 2. The number of Topliss-reactive ketones (excluding diaryl/α,β-unsaturated/α-hetero) is 1. The van der Waals surface area contributed by atoms with Gasteiger partial charge in [0, 0.05) is 43.6 Å². The van der Waals surface area contributed by atoms with Gasteiger partial charge in [0.2, 0.25) is 0 Å². The zero-order chi connectivity index (χ0) is 17.1. The van der Waals surface area contributed by atoms with Gasteiger partial charge in [-0.2, -0.15) is 0 Å². The second-order valence-electron chi connectivity index (χ2n) is 6.73. The molecule has 0 aliphatic carbocycles. The van der Waals surface area contributed by atoms with Crippen molar-refractivity contribution in [3.63, 3.8) is 0 Å². The Labute approximate surface area is 142 Å². The standard InChI is InChI=1S/C19H24N2O3/c1-13-3-4-18(20-9-13)17-12-21(10-15-5-7-24-8-6-15)11-16(14(2)22)19(17)23/h3-4,12,15-16,18,22H,2,5-8,10-11H2,1H3. The topological polar surface area (TPSA) is 62.1 Å². The number of ether oxygens (including phenoxy) is 1. The predicted octanol–water partition coefficient (Wildman–Crippen LogP) is 2.42. The van der Waals surface area contributed by atoms with Crippen molar-refractivity contribution in [2.75, 3.05) is 26.3 Å². The molecule has 1 fully saturated rings. The van der Waals surface area contributed by atoms with E-state index >= 15 is 0 Å². The van der Waals surface area contributed by atoms with Crippen LogP contribution in [0.3, 0.4) is 0 Å². The van der Waals surface area contributed by atoms with Crippen LogP contribution in [0.4, 0.5) is 0 Å². The minimum atomic E-state index is -0.583. The van der Waals surface area contributed by atoms with E-state index in [-0.39, 0.29) is 17.6 Å². The number of rotatable bonds is 4. The maximum Gasteiger partial charge on any atom is 0.175 e. The van der Waals surface area contributed by atoms with Crippen LogP contribution in [0.25, 0.3) is 0 Å². The summed E-state index contributed by atoms with van der Waals surface area (Å²) in [6, 6.07) is -0.333. The zero-order valence-corrected chi connectivity index (χ0v) is 14.1. The Bertz CT molecular complexity index is 650. The quantitative estimate of drug-likeness (QED) is 0.805. The number of nitrogens with zero attached hydrogens (tertiary/aromatic N) is 2. The molecule has 1 N–H and O–H groups in total. The van der Waals surface area contributed by atoms with Gasteiger partial charge in [-0.3, -0.25) is 4.79 Å². The molecule has 0 bridgehead atoms. The van der Waals surface area contributed by atoms with Crippen molar-refractivity contribution in [2.45, 2.75) is 25.8 Å². The van der Waals surface area contributed by atoms with E-state index in [1.165, 1.54) is 0 Å². The molecule has 0 saturated carbocycles. The van der Waals surface area contributed by atoms with Gasteiger partial charge in [0.1, 0.15) is 6.04 Å². The maximum atomic E-state index is 12.7. The largest absolute Gasteiger partial charge is 0.512 e. The Kier molecular flexibility index (Phi) is 5.03. The predicted molar refractivity (Wildman–Crippen MR) is 93.0 cm³/mol. The van der Waals surface area contributed by atoms with Gasteiger partial charge >= 0.3 is 0 Å². The molecule has 5 nitrogen and oxygen atoms in total. The Balaban J connectivity index is 1.83. The summed E-state index contributed by atoms with van der Waals surface area (Å²) in [5.74, 6) is 2.73. The van der Waals surface area contributed by atoms with Crippen LogP contribution in [0.5, 0.6) is 0 Å². The van der Waals surface area contributed by atoms with Crippen LogP contribution in [0, 0.1) is 11.8 Å². The molecule has 0 radical (unpaired) electrons. The number of carbonyl (C=O) groups excluding carboxylic acids is 1. The van der Waals surface area contributed by atoms with E-state index in [1.54, 1.807) is 0 Å². The SMILES string of the molecule is C=C(O)C1CN(CC2CCOCC2)C=C(C2C=CC(C)=C=N2)C1=O. The Morgan fingerprint density at radius 2 is 2.25 bits per heavy atom. The van der Waals surface area contributed by atoms with Gasteiger partial charge < -0.3 is 14.7 Å². The van der Waals surface area contributed by atoms with Crippen molar-refractivity contribution in [3.8, 4) is 0 Å². The Morgan fingerprint density at radius 1 is 1.50 bits per heavy atom. The highest BCUT2D eigenvalue weighted by molar-refractivity contribution is 6.01. The van der Waals surface area contributed by atoms with Gasteiger partial charge in [0.15, 0.2) is 5.78 Å².